The minimum absolute atomic E-state index is 0.0262. The van der Waals surface area contributed by atoms with E-state index in [0.717, 1.165) is 33.7 Å². The van der Waals surface area contributed by atoms with Crippen LogP contribution in [-0.2, 0) is 11.3 Å². The largest absolute Gasteiger partial charge is 0.493 e. The van der Waals surface area contributed by atoms with Gasteiger partial charge in [0.1, 0.15) is 5.75 Å². The Bertz CT molecular complexity index is 1300. The van der Waals surface area contributed by atoms with Crippen molar-refractivity contribution in [1.29, 1.82) is 0 Å². The molecule has 32 heavy (non-hydrogen) atoms. The highest BCUT2D eigenvalue weighted by Gasteiger charge is 2.17. The summed E-state index contributed by atoms with van der Waals surface area (Å²) in [6, 6.07) is 19.5. The Kier molecular flexibility index (Phi) is 6.21. The van der Waals surface area contributed by atoms with Gasteiger partial charge < -0.3 is 14.4 Å². The molecule has 0 bridgehead atoms. The van der Waals surface area contributed by atoms with E-state index in [1.54, 1.807) is 0 Å². The van der Waals surface area contributed by atoms with E-state index in [9.17, 15) is 9.90 Å². The van der Waals surface area contributed by atoms with Gasteiger partial charge in [0.05, 0.1) is 5.52 Å². The Morgan fingerprint density at radius 3 is 2.62 bits per heavy atom. The van der Waals surface area contributed by atoms with Crippen molar-refractivity contribution in [2.24, 2.45) is 16.1 Å². The first-order chi connectivity index (χ1) is 15.4. The molecule has 6 nitrogen and oxygen atoms in total. The number of amides is 1. The minimum atomic E-state index is -0.520. The van der Waals surface area contributed by atoms with Gasteiger partial charge in [-0.3, -0.25) is 4.79 Å². The third-order valence-electron chi connectivity index (χ3n) is 5.44. The van der Waals surface area contributed by atoms with Crippen molar-refractivity contribution in [3.05, 3.63) is 66.2 Å². The van der Waals surface area contributed by atoms with E-state index >= 15 is 0 Å². The molecule has 4 rings (SSSR count). The molecular weight excluding hydrogens is 402 g/mol. The zero-order valence-corrected chi connectivity index (χ0v) is 18.6. The fraction of sp³-hybridized carbons (Fsp3) is 0.269. The van der Waals surface area contributed by atoms with Gasteiger partial charge in [-0.05, 0) is 54.3 Å². The van der Waals surface area contributed by atoms with Gasteiger partial charge in [-0.25, -0.2) is 0 Å². The van der Waals surface area contributed by atoms with Crippen LogP contribution in [0.15, 0.2) is 70.9 Å². The van der Waals surface area contributed by atoms with Crippen molar-refractivity contribution in [2.75, 3.05) is 6.61 Å². The molecule has 0 radical (unpaired) electrons. The molecule has 0 spiro atoms. The van der Waals surface area contributed by atoms with Crippen LogP contribution in [0.3, 0.4) is 0 Å². The standard InChI is InChI=1S/C26H27N3O3/c1-17(2)12-13-29-23-11-8-18(3)14-22(23)25(26(29)31)28-27-24(30)16-32-21-10-9-19-6-4-5-7-20(19)15-21/h4-11,14-15,17,31H,12-13,16H2,1-3H3. The molecule has 4 aromatic rings. The SMILES string of the molecule is Cc1ccc2c(c1)c(N=NC(=O)COc1ccc3ccccc3c1)c(O)n2CCC(C)C. The van der Waals surface area contributed by atoms with Crippen molar-refractivity contribution in [3.8, 4) is 11.6 Å². The van der Waals surface area contributed by atoms with E-state index in [-0.39, 0.29) is 12.5 Å². The van der Waals surface area contributed by atoms with E-state index in [2.05, 4.69) is 24.1 Å². The van der Waals surface area contributed by atoms with E-state index < -0.39 is 5.91 Å². The van der Waals surface area contributed by atoms with Crippen molar-refractivity contribution < 1.29 is 14.6 Å². The predicted octanol–water partition coefficient (Wildman–Crippen LogP) is 6.54. The van der Waals surface area contributed by atoms with E-state index in [4.69, 9.17) is 4.74 Å². The number of aromatic hydroxyl groups is 1. The van der Waals surface area contributed by atoms with Crippen molar-refractivity contribution in [3.63, 3.8) is 0 Å². The zero-order chi connectivity index (χ0) is 22.7. The highest BCUT2D eigenvalue weighted by atomic mass is 16.5. The fourth-order valence-electron chi connectivity index (χ4n) is 3.69. The van der Waals surface area contributed by atoms with Gasteiger partial charge >= 0.3 is 5.91 Å². The van der Waals surface area contributed by atoms with Crippen LogP contribution < -0.4 is 4.74 Å². The second-order valence-corrected chi connectivity index (χ2v) is 8.42. The third-order valence-corrected chi connectivity index (χ3v) is 5.44. The quantitative estimate of drug-likeness (QED) is 0.339. The number of benzene rings is 3. The number of fused-ring (bicyclic) bond motifs is 2. The second kappa shape index (κ2) is 9.22. The lowest BCUT2D eigenvalue weighted by molar-refractivity contribution is -0.120. The van der Waals surface area contributed by atoms with Crippen LogP contribution in [0.1, 0.15) is 25.8 Å². The molecule has 164 valence electrons. The van der Waals surface area contributed by atoms with Gasteiger partial charge in [0.25, 0.3) is 0 Å². The topological polar surface area (TPSA) is 76.2 Å². The Labute approximate surface area is 187 Å². The molecule has 0 saturated heterocycles. The number of aromatic nitrogens is 1. The molecule has 3 aromatic carbocycles. The van der Waals surface area contributed by atoms with Gasteiger partial charge in [-0.1, -0.05) is 55.8 Å². The molecule has 1 heterocycles. The lowest BCUT2D eigenvalue weighted by atomic mass is 10.1. The first-order valence-electron chi connectivity index (χ1n) is 10.8. The van der Waals surface area contributed by atoms with Gasteiger partial charge in [-0.15, -0.1) is 10.2 Å². The highest BCUT2D eigenvalue weighted by molar-refractivity contribution is 5.95. The van der Waals surface area contributed by atoms with Gasteiger partial charge in [-0.2, -0.15) is 0 Å². The van der Waals surface area contributed by atoms with Crippen molar-refractivity contribution in [1.82, 2.24) is 4.57 Å². The molecule has 0 aliphatic rings. The summed E-state index contributed by atoms with van der Waals surface area (Å²) in [6.07, 6.45) is 0.917. The third kappa shape index (κ3) is 4.64. The van der Waals surface area contributed by atoms with Crippen LogP contribution in [0.5, 0.6) is 11.6 Å². The first kappa shape index (κ1) is 21.6. The van der Waals surface area contributed by atoms with Crippen molar-refractivity contribution >= 4 is 33.3 Å². The molecular formula is C26H27N3O3. The molecule has 0 saturated carbocycles. The summed E-state index contributed by atoms with van der Waals surface area (Å²) in [4.78, 5) is 12.3. The Balaban J connectivity index is 1.52. The monoisotopic (exact) mass is 429 g/mol. The van der Waals surface area contributed by atoms with Crippen LogP contribution in [0.25, 0.3) is 21.7 Å². The summed E-state index contributed by atoms with van der Waals surface area (Å²) < 4.78 is 7.43. The van der Waals surface area contributed by atoms with Crippen LogP contribution in [0, 0.1) is 12.8 Å². The van der Waals surface area contributed by atoms with E-state index in [1.807, 2.05) is 72.2 Å². The molecule has 0 atom stereocenters. The maximum atomic E-state index is 12.3. The smallest absolute Gasteiger partial charge is 0.302 e. The van der Waals surface area contributed by atoms with Crippen LogP contribution in [0.2, 0.25) is 0 Å². The number of azo groups is 1. The molecule has 0 aliphatic heterocycles. The second-order valence-electron chi connectivity index (χ2n) is 8.42. The minimum Gasteiger partial charge on any atom is -0.493 e. The Morgan fingerprint density at radius 2 is 1.84 bits per heavy atom. The van der Waals surface area contributed by atoms with E-state index in [0.29, 0.717) is 23.9 Å². The molecule has 0 unspecified atom stereocenters. The van der Waals surface area contributed by atoms with Crippen molar-refractivity contribution in [2.45, 2.75) is 33.7 Å². The number of carbonyl (C=O) groups is 1. The lowest BCUT2D eigenvalue weighted by Crippen LogP contribution is -2.07. The number of hydrogen-bond donors (Lipinski definition) is 1. The Morgan fingerprint density at radius 1 is 1.06 bits per heavy atom. The number of carbonyl (C=O) groups excluding carboxylic acids is 1. The van der Waals surface area contributed by atoms with Crippen LogP contribution >= 0.6 is 0 Å². The summed E-state index contributed by atoms with van der Waals surface area (Å²) in [5.74, 6) is 0.596. The number of hydrogen-bond acceptors (Lipinski definition) is 4. The molecule has 1 aromatic heterocycles. The molecule has 1 amide bonds. The molecule has 0 aliphatic carbocycles. The Hall–Kier alpha value is -3.67. The van der Waals surface area contributed by atoms with Gasteiger partial charge in [0.2, 0.25) is 5.88 Å². The predicted molar refractivity (Wildman–Crippen MR) is 127 cm³/mol. The van der Waals surface area contributed by atoms with Gasteiger partial charge in [0, 0.05) is 11.9 Å². The molecule has 6 heteroatoms. The summed E-state index contributed by atoms with van der Waals surface area (Å²) >= 11 is 0. The number of ether oxygens (including phenoxy) is 1. The summed E-state index contributed by atoms with van der Waals surface area (Å²) in [5.41, 5.74) is 2.23. The number of nitrogens with zero attached hydrogens (tertiary/aromatic N) is 3. The maximum Gasteiger partial charge on any atom is 0.302 e. The van der Waals surface area contributed by atoms with Gasteiger partial charge in [0.15, 0.2) is 12.3 Å². The average molecular weight is 430 g/mol. The first-order valence-corrected chi connectivity index (χ1v) is 10.8. The maximum absolute atomic E-state index is 12.3. The molecule has 0 fully saturated rings. The zero-order valence-electron chi connectivity index (χ0n) is 18.6. The lowest BCUT2D eigenvalue weighted by Gasteiger charge is -2.09. The summed E-state index contributed by atoms with van der Waals surface area (Å²) in [6.45, 7) is 6.69. The van der Waals surface area contributed by atoms with Crippen LogP contribution in [0.4, 0.5) is 5.69 Å². The van der Waals surface area contributed by atoms with E-state index in [1.165, 1.54) is 0 Å². The number of aryl methyl sites for hydroxylation is 2. The summed E-state index contributed by atoms with van der Waals surface area (Å²) in [5, 5.41) is 21.6. The fourth-order valence-corrected chi connectivity index (χ4v) is 3.69. The average Bonchev–Trinajstić information content (AvgIpc) is 3.04. The number of rotatable bonds is 7. The highest BCUT2D eigenvalue weighted by Crippen LogP contribution is 2.39. The summed E-state index contributed by atoms with van der Waals surface area (Å²) in [7, 11) is 0. The normalized spacial score (nSPS) is 11.8. The van der Waals surface area contributed by atoms with Crippen LogP contribution in [-0.4, -0.2) is 22.2 Å². The molecule has 1 N–H and O–H groups in total.